The molecule has 1 amide bonds. The molecule has 1 aromatic heterocycles. The quantitative estimate of drug-likeness (QED) is 0.424. The van der Waals surface area contributed by atoms with Crippen LogP contribution < -0.4 is 5.46 Å². The third kappa shape index (κ3) is 5.12. The molecular weight excluding hydrogens is 477 g/mol. The largest absolute Gasteiger partial charge is 0.495 e. The van der Waals surface area contributed by atoms with Crippen LogP contribution in [0.1, 0.15) is 73.2 Å². The molecule has 0 radical (unpaired) electrons. The zero-order valence-corrected chi connectivity index (χ0v) is 23.5. The van der Waals surface area contributed by atoms with E-state index in [4.69, 9.17) is 19.0 Å². The van der Waals surface area contributed by atoms with Crippen molar-refractivity contribution in [2.24, 2.45) is 0 Å². The molecule has 3 heterocycles. The fourth-order valence-electron chi connectivity index (χ4n) is 5.00. The maximum atomic E-state index is 12.8. The third-order valence-electron chi connectivity index (χ3n) is 7.74. The average molecular weight is 515 g/mol. The van der Waals surface area contributed by atoms with Crippen molar-refractivity contribution in [3.8, 4) is 22.4 Å². The summed E-state index contributed by atoms with van der Waals surface area (Å²) < 4.78 is 18.5. The number of imidazole rings is 1. The highest BCUT2D eigenvalue weighted by Gasteiger charge is 2.52. The minimum absolute atomic E-state index is 0.129. The Kier molecular flexibility index (Phi) is 6.68. The second kappa shape index (κ2) is 9.58. The SMILES string of the molecule is CC(C)(C)OC(=O)N1CCC[C@H]1c1nc(-c2ccc(B3OC(C)(C)C(C)(C)O3)c(-c3ccccc3)c2)c[nH]1. The van der Waals surface area contributed by atoms with E-state index in [2.05, 4.69) is 63.0 Å². The third-order valence-corrected chi connectivity index (χ3v) is 7.74. The molecule has 38 heavy (non-hydrogen) atoms. The van der Waals surface area contributed by atoms with E-state index < -0.39 is 23.9 Å². The van der Waals surface area contributed by atoms with E-state index in [0.717, 1.165) is 46.5 Å². The van der Waals surface area contributed by atoms with Crippen LogP contribution in [0.3, 0.4) is 0 Å². The van der Waals surface area contributed by atoms with Gasteiger partial charge in [-0.2, -0.15) is 0 Å². The summed E-state index contributed by atoms with van der Waals surface area (Å²) in [5, 5.41) is 0. The van der Waals surface area contributed by atoms with Crippen molar-refractivity contribution in [2.75, 3.05) is 6.54 Å². The van der Waals surface area contributed by atoms with E-state index in [1.165, 1.54) is 0 Å². The van der Waals surface area contributed by atoms with Crippen molar-refractivity contribution in [2.45, 2.75) is 84.2 Å². The molecule has 2 fully saturated rings. The van der Waals surface area contributed by atoms with Gasteiger partial charge in [0.2, 0.25) is 0 Å². The zero-order valence-electron chi connectivity index (χ0n) is 23.5. The van der Waals surface area contributed by atoms with Crippen molar-refractivity contribution >= 4 is 18.7 Å². The monoisotopic (exact) mass is 515 g/mol. The van der Waals surface area contributed by atoms with Gasteiger partial charge in [0, 0.05) is 18.3 Å². The number of nitrogens with zero attached hydrogens (tertiary/aromatic N) is 2. The Balaban J connectivity index is 1.47. The highest BCUT2D eigenvalue weighted by atomic mass is 16.7. The fraction of sp³-hybridized carbons (Fsp3) is 0.467. The highest BCUT2D eigenvalue weighted by Crippen LogP contribution is 2.38. The summed E-state index contributed by atoms with van der Waals surface area (Å²) in [6, 6.07) is 16.4. The van der Waals surface area contributed by atoms with Crippen molar-refractivity contribution in [3.05, 3.63) is 60.6 Å². The molecule has 7 nitrogen and oxygen atoms in total. The van der Waals surface area contributed by atoms with Gasteiger partial charge in [-0.3, -0.25) is 4.90 Å². The van der Waals surface area contributed by atoms with Gasteiger partial charge < -0.3 is 19.0 Å². The van der Waals surface area contributed by atoms with Crippen LogP contribution in [0.4, 0.5) is 4.79 Å². The maximum absolute atomic E-state index is 12.8. The molecule has 200 valence electrons. The molecule has 0 spiro atoms. The molecule has 3 aromatic rings. The van der Waals surface area contributed by atoms with Gasteiger partial charge in [-0.1, -0.05) is 42.5 Å². The van der Waals surface area contributed by atoms with Crippen LogP contribution in [0.2, 0.25) is 0 Å². The summed E-state index contributed by atoms with van der Waals surface area (Å²) >= 11 is 0. The topological polar surface area (TPSA) is 76.7 Å². The first-order valence-corrected chi connectivity index (χ1v) is 13.4. The number of carbonyl (C=O) groups excluding carboxylic acids is 1. The number of amides is 1. The predicted molar refractivity (Wildman–Crippen MR) is 150 cm³/mol. The van der Waals surface area contributed by atoms with E-state index in [1.807, 2.05) is 45.2 Å². The minimum atomic E-state index is -0.536. The number of ether oxygens (including phenoxy) is 1. The lowest BCUT2D eigenvalue weighted by atomic mass is 9.74. The Bertz CT molecular complexity index is 1300. The van der Waals surface area contributed by atoms with Gasteiger partial charge in [-0.25, -0.2) is 9.78 Å². The summed E-state index contributed by atoms with van der Waals surface area (Å²) in [5.74, 6) is 0.777. The number of H-pyrrole nitrogens is 1. The molecule has 1 atom stereocenters. The van der Waals surface area contributed by atoms with Crippen molar-refractivity contribution in [3.63, 3.8) is 0 Å². The number of rotatable bonds is 4. The van der Waals surface area contributed by atoms with Crippen LogP contribution in [0, 0.1) is 0 Å². The van der Waals surface area contributed by atoms with E-state index in [9.17, 15) is 4.79 Å². The Morgan fingerprint density at radius 1 is 1.05 bits per heavy atom. The molecule has 2 aliphatic heterocycles. The van der Waals surface area contributed by atoms with Crippen LogP contribution in [0.15, 0.2) is 54.7 Å². The number of hydrogen-bond acceptors (Lipinski definition) is 5. The molecule has 8 heteroatoms. The van der Waals surface area contributed by atoms with Gasteiger partial charge in [0.1, 0.15) is 11.4 Å². The van der Waals surface area contributed by atoms with Crippen LogP contribution >= 0.6 is 0 Å². The number of aromatic amines is 1. The first-order valence-electron chi connectivity index (χ1n) is 13.4. The highest BCUT2D eigenvalue weighted by molar-refractivity contribution is 6.64. The van der Waals surface area contributed by atoms with Crippen LogP contribution in [-0.2, 0) is 14.0 Å². The van der Waals surface area contributed by atoms with Gasteiger partial charge in [-0.15, -0.1) is 0 Å². The van der Waals surface area contributed by atoms with E-state index in [1.54, 1.807) is 4.90 Å². The Morgan fingerprint density at radius 3 is 2.39 bits per heavy atom. The van der Waals surface area contributed by atoms with Crippen molar-refractivity contribution < 1.29 is 18.8 Å². The molecule has 0 unspecified atom stereocenters. The molecule has 2 aliphatic rings. The number of likely N-dealkylation sites (tertiary alicyclic amines) is 1. The minimum Gasteiger partial charge on any atom is -0.444 e. The standard InChI is InChI=1S/C30H38BN3O4/c1-28(2,3)36-27(35)34-17-11-14-25(34)26-32-19-24(33-26)21-15-16-23(22(18-21)20-12-9-8-10-13-20)31-37-29(4,5)30(6,7)38-31/h8-10,12-13,15-16,18-19,25H,11,14,17H2,1-7H3,(H,32,33)/t25-/m0/s1. The Labute approximate surface area is 226 Å². The smallest absolute Gasteiger partial charge is 0.444 e. The predicted octanol–water partition coefficient (Wildman–Crippen LogP) is 6.11. The Hall–Kier alpha value is -3.10. The molecule has 0 saturated carbocycles. The summed E-state index contributed by atoms with van der Waals surface area (Å²) in [6.07, 6.45) is 3.39. The lowest BCUT2D eigenvalue weighted by Crippen LogP contribution is -2.41. The summed E-state index contributed by atoms with van der Waals surface area (Å²) in [5.41, 5.74) is 3.53. The number of aromatic nitrogens is 2. The van der Waals surface area contributed by atoms with Gasteiger partial charge in [-0.05, 0) is 84.0 Å². The summed E-state index contributed by atoms with van der Waals surface area (Å²) in [4.78, 5) is 22.9. The second-order valence-corrected chi connectivity index (χ2v) is 12.3. The first kappa shape index (κ1) is 26.5. The molecule has 0 aliphatic carbocycles. The average Bonchev–Trinajstić information content (AvgIpc) is 3.56. The van der Waals surface area contributed by atoms with Crippen LogP contribution in [-0.4, -0.2) is 51.4 Å². The lowest BCUT2D eigenvalue weighted by Gasteiger charge is -2.32. The normalized spacial score (nSPS) is 20.7. The molecule has 1 N–H and O–H groups in total. The second-order valence-electron chi connectivity index (χ2n) is 12.3. The maximum Gasteiger partial charge on any atom is 0.495 e. The lowest BCUT2D eigenvalue weighted by molar-refractivity contribution is 0.00578. The van der Waals surface area contributed by atoms with Crippen LogP contribution in [0.25, 0.3) is 22.4 Å². The molecule has 2 aromatic carbocycles. The number of carbonyl (C=O) groups is 1. The van der Waals surface area contributed by atoms with Gasteiger partial charge >= 0.3 is 13.2 Å². The summed E-state index contributed by atoms with van der Waals surface area (Å²) in [7, 11) is -0.472. The molecule has 2 saturated heterocycles. The molecule has 0 bridgehead atoms. The van der Waals surface area contributed by atoms with Crippen LogP contribution in [0.5, 0.6) is 0 Å². The number of benzene rings is 2. The number of hydrogen-bond donors (Lipinski definition) is 1. The van der Waals surface area contributed by atoms with Crippen molar-refractivity contribution in [1.29, 1.82) is 0 Å². The van der Waals surface area contributed by atoms with Gasteiger partial charge in [0.05, 0.1) is 22.9 Å². The summed E-state index contributed by atoms with van der Waals surface area (Å²) in [6.45, 7) is 14.6. The van der Waals surface area contributed by atoms with E-state index in [0.29, 0.717) is 6.54 Å². The van der Waals surface area contributed by atoms with Crippen molar-refractivity contribution in [1.82, 2.24) is 14.9 Å². The zero-order chi connectivity index (χ0) is 27.3. The molecule has 5 rings (SSSR count). The first-order chi connectivity index (χ1) is 17.8. The Morgan fingerprint density at radius 2 is 1.74 bits per heavy atom. The van der Waals surface area contributed by atoms with Gasteiger partial charge in [0.25, 0.3) is 0 Å². The molecular formula is C30H38BN3O4. The number of nitrogens with one attached hydrogen (secondary N) is 1. The van der Waals surface area contributed by atoms with E-state index in [-0.39, 0.29) is 12.1 Å². The fourth-order valence-corrected chi connectivity index (χ4v) is 5.00. The van der Waals surface area contributed by atoms with Gasteiger partial charge in [0.15, 0.2) is 0 Å². The van der Waals surface area contributed by atoms with E-state index >= 15 is 0 Å².